The Bertz CT molecular complexity index is 593. The Morgan fingerprint density at radius 1 is 1.29 bits per heavy atom. The average Bonchev–Trinajstić information content (AvgIpc) is 2.38. The van der Waals surface area contributed by atoms with Gasteiger partial charge in [0, 0.05) is 17.8 Å². The molecule has 134 valence electrons. The van der Waals surface area contributed by atoms with Gasteiger partial charge in [0.1, 0.15) is 11.4 Å². The van der Waals surface area contributed by atoms with Gasteiger partial charge in [-0.15, -0.1) is 13.2 Å². The molecule has 0 radical (unpaired) electrons. The summed E-state index contributed by atoms with van der Waals surface area (Å²) >= 11 is 0. The van der Waals surface area contributed by atoms with Crippen molar-refractivity contribution in [3.05, 3.63) is 29.8 Å². The van der Waals surface area contributed by atoms with Gasteiger partial charge in [0.25, 0.3) is 0 Å². The van der Waals surface area contributed by atoms with Crippen LogP contribution in [0.3, 0.4) is 0 Å². The lowest BCUT2D eigenvalue weighted by molar-refractivity contribution is -0.274. The van der Waals surface area contributed by atoms with E-state index in [-0.39, 0.29) is 5.75 Å². The van der Waals surface area contributed by atoms with Gasteiger partial charge in [0.05, 0.1) is 0 Å². The van der Waals surface area contributed by atoms with Gasteiger partial charge >= 0.3 is 12.5 Å². The Morgan fingerprint density at radius 3 is 2.54 bits per heavy atom. The van der Waals surface area contributed by atoms with Crippen molar-refractivity contribution in [3.8, 4) is 5.75 Å². The summed E-state index contributed by atoms with van der Waals surface area (Å²) in [6, 6.07) is 3.67. The summed E-state index contributed by atoms with van der Waals surface area (Å²) in [6.45, 7) is 5.59. The number of nitrogen functional groups attached to an aromatic ring is 1. The number of nitrogens with one attached hydrogen (secondary N) is 1. The minimum absolute atomic E-state index is 0.320. The van der Waals surface area contributed by atoms with E-state index < -0.39 is 18.1 Å². The average molecular weight is 346 g/mol. The van der Waals surface area contributed by atoms with Crippen molar-refractivity contribution < 1.29 is 27.4 Å². The highest BCUT2D eigenvalue weighted by Crippen LogP contribution is 2.26. The second-order valence-corrected chi connectivity index (χ2v) is 5.96. The number of benzene rings is 1. The smallest absolute Gasteiger partial charge is 0.444 e. The van der Waals surface area contributed by atoms with Crippen molar-refractivity contribution in [2.24, 2.45) is 0 Å². The molecule has 0 saturated heterocycles. The summed E-state index contributed by atoms with van der Waals surface area (Å²) in [5, 5.41) is 2.57. The zero-order valence-electron chi connectivity index (χ0n) is 13.7. The number of carbonyl (C=O) groups is 1. The monoisotopic (exact) mass is 346 g/mol. The fourth-order valence-corrected chi connectivity index (χ4v) is 1.68. The first kappa shape index (κ1) is 19.7. The van der Waals surface area contributed by atoms with Gasteiger partial charge in [-0.05, 0) is 45.4 Å². The summed E-state index contributed by atoms with van der Waals surface area (Å²) in [6.07, 6.45) is -1.58. The summed E-state index contributed by atoms with van der Waals surface area (Å²) < 4.78 is 45.5. The number of hydrogen-bond donors (Lipinski definition) is 2. The maximum absolute atomic E-state index is 12.2. The molecule has 0 heterocycles. The predicted octanol–water partition coefficient (Wildman–Crippen LogP) is 4.10. The van der Waals surface area contributed by atoms with E-state index in [1.54, 1.807) is 32.9 Å². The highest BCUT2D eigenvalue weighted by Gasteiger charge is 2.31. The number of ether oxygens (including phenoxy) is 2. The molecular formula is C16H21F3N2O3. The number of rotatable bonds is 5. The third-order valence-electron chi connectivity index (χ3n) is 2.57. The van der Waals surface area contributed by atoms with Crippen LogP contribution in [0.2, 0.25) is 0 Å². The molecule has 1 aromatic rings. The number of alkyl carbamates (subject to hydrolysis) is 1. The molecule has 0 atom stereocenters. The lowest BCUT2D eigenvalue weighted by Gasteiger charge is -2.19. The van der Waals surface area contributed by atoms with E-state index in [4.69, 9.17) is 10.5 Å². The lowest BCUT2D eigenvalue weighted by atomic mass is 10.1. The maximum Gasteiger partial charge on any atom is 0.573 e. The molecule has 0 saturated carbocycles. The van der Waals surface area contributed by atoms with Crippen molar-refractivity contribution >= 4 is 17.9 Å². The van der Waals surface area contributed by atoms with Crippen LogP contribution >= 0.6 is 0 Å². The molecule has 0 aliphatic carbocycles. The van der Waals surface area contributed by atoms with Crippen LogP contribution in [0.5, 0.6) is 5.75 Å². The first-order valence-electron chi connectivity index (χ1n) is 7.25. The number of hydrogen-bond acceptors (Lipinski definition) is 4. The second-order valence-electron chi connectivity index (χ2n) is 5.96. The quantitative estimate of drug-likeness (QED) is 0.622. The van der Waals surface area contributed by atoms with Crippen LogP contribution in [0.1, 0.15) is 32.8 Å². The zero-order valence-corrected chi connectivity index (χ0v) is 13.7. The number of nitrogens with two attached hydrogens (primary N) is 1. The maximum atomic E-state index is 12.2. The summed E-state index contributed by atoms with van der Waals surface area (Å²) in [4.78, 5) is 11.4. The Labute approximate surface area is 138 Å². The summed E-state index contributed by atoms with van der Waals surface area (Å²) in [5.41, 5.74) is 5.85. The molecule has 1 amide bonds. The van der Waals surface area contributed by atoms with Crippen LogP contribution in [0.4, 0.5) is 23.7 Å². The van der Waals surface area contributed by atoms with Crippen molar-refractivity contribution in [2.45, 2.75) is 39.2 Å². The molecule has 24 heavy (non-hydrogen) atoms. The molecule has 8 heteroatoms. The Morgan fingerprint density at radius 2 is 1.96 bits per heavy atom. The van der Waals surface area contributed by atoms with E-state index >= 15 is 0 Å². The van der Waals surface area contributed by atoms with Crippen LogP contribution in [0, 0.1) is 0 Å². The van der Waals surface area contributed by atoms with Crippen LogP contribution in [-0.4, -0.2) is 24.6 Å². The fraction of sp³-hybridized carbons (Fsp3) is 0.438. The molecule has 1 rings (SSSR count). The van der Waals surface area contributed by atoms with E-state index in [2.05, 4.69) is 10.1 Å². The Hall–Kier alpha value is -2.38. The number of anilines is 1. The molecule has 1 aromatic carbocycles. The highest BCUT2D eigenvalue weighted by atomic mass is 19.4. The van der Waals surface area contributed by atoms with E-state index in [1.165, 1.54) is 12.1 Å². The van der Waals surface area contributed by atoms with Gasteiger partial charge in [-0.1, -0.05) is 12.2 Å². The van der Waals surface area contributed by atoms with Crippen molar-refractivity contribution in [2.75, 3.05) is 12.3 Å². The first-order valence-corrected chi connectivity index (χ1v) is 7.25. The normalized spacial score (nSPS) is 12.2. The van der Waals surface area contributed by atoms with Gasteiger partial charge in [-0.2, -0.15) is 0 Å². The summed E-state index contributed by atoms with van der Waals surface area (Å²) in [5.74, 6) is -0.344. The van der Waals surface area contributed by atoms with Crippen LogP contribution in [-0.2, 0) is 4.74 Å². The molecule has 0 spiro atoms. The molecule has 0 bridgehead atoms. The Balaban J connectivity index is 2.52. The number of amides is 1. The largest absolute Gasteiger partial charge is 0.573 e. The molecule has 0 aliphatic heterocycles. The van der Waals surface area contributed by atoms with E-state index in [0.717, 1.165) is 6.07 Å². The molecule has 0 unspecified atom stereocenters. The van der Waals surface area contributed by atoms with Gasteiger partial charge in [0.15, 0.2) is 0 Å². The zero-order chi connectivity index (χ0) is 18.4. The molecule has 0 aromatic heterocycles. The van der Waals surface area contributed by atoms with Crippen molar-refractivity contribution in [1.29, 1.82) is 0 Å². The topological polar surface area (TPSA) is 73.6 Å². The second kappa shape index (κ2) is 7.94. The van der Waals surface area contributed by atoms with Gasteiger partial charge in [-0.25, -0.2) is 4.79 Å². The SMILES string of the molecule is CC(C)(C)OC(=O)NCCC=Cc1cc(OC(F)(F)F)ccc1N. The number of carbonyl (C=O) groups excluding carboxylic acids is 1. The van der Waals surface area contributed by atoms with Crippen LogP contribution in [0.15, 0.2) is 24.3 Å². The molecule has 3 N–H and O–H groups in total. The number of alkyl halides is 3. The van der Waals surface area contributed by atoms with E-state index in [9.17, 15) is 18.0 Å². The van der Waals surface area contributed by atoms with Gasteiger partial charge in [0.2, 0.25) is 0 Å². The van der Waals surface area contributed by atoms with Gasteiger partial charge in [-0.3, -0.25) is 0 Å². The van der Waals surface area contributed by atoms with Gasteiger partial charge < -0.3 is 20.5 Å². The third kappa shape index (κ3) is 8.30. The van der Waals surface area contributed by atoms with E-state index in [0.29, 0.717) is 24.2 Å². The van der Waals surface area contributed by atoms with Crippen molar-refractivity contribution in [1.82, 2.24) is 5.32 Å². The minimum atomic E-state index is -4.76. The molecule has 0 aliphatic rings. The number of halogens is 3. The van der Waals surface area contributed by atoms with Crippen LogP contribution in [0.25, 0.3) is 6.08 Å². The molecule has 5 nitrogen and oxygen atoms in total. The van der Waals surface area contributed by atoms with E-state index in [1.807, 2.05) is 0 Å². The lowest BCUT2D eigenvalue weighted by Crippen LogP contribution is -2.32. The molecular weight excluding hydrogens is 325 g/mol. The predicted molar refractivity (Wildman–Crippen MR) is 85.4 cm³/mol. The fourth-order valence-electron chi connectivity index (χ4n) is 1.68. The summed E-state index contributed by atoms with van der Waals surface area (Å²) in [7, 11) is 0. The minimum Gasteiger partial charge on any atom is -0.444 e. The first-order chi connectivity index (χ1) is 11.0. The standard InChI is InChI=1S/C16H21F3N2O3/c1-15(2,3)24-14(22)21-9-5-4-6-11-10-12(7-8-13(11)20)23-16(17,18)19/h4,6-8,10H,5,9,20H2,1-3H3,(H,21,22). The van der Waals surface area contributed by atoms with Crippen LogP contribution < -0.4 is 15.8 Å². The third-order valence-corrected chi connectivity index (χ3v) is 2.57. The van der Waals surface area contributed by atoms with Crippen molar-refractivity contribution in [3.63, 3.8) is 0 Å². The Kier molecular flexibility index (Phi) is 6.51. The highest BCUT2D eigenvalue weighted by molar-refractivity contribution is 5.68. The molecule has 0 fully saturated rings.